The molecule has 2 heterocycles. The highest BCUT2D eigenvalue weighted by Crippen LogP contribution is 2.22. The van der Waals surface area contributed by atoms with Gasteiger partial charge in [-0.25, -0.2) is 0 Å². The number of aromatic nitrogens is 1. The van der Waals surface area contributed by atoms with Crippen molar-refractivity contribution in [2.75, 3.05) is 20.2 Å². The van der Waals surface area contributed by atoms with Crippen LogP contribution in [-0.4, -0.2) is 41.6 Å². The van der Waals surface area contributed by atoms with Crippen molar-refractivity contribution in [1.82, 2.24) is 14.8 Å². The maximum Gasteiger partial charge on any atom is 0.240 e. The normalized spacial score (nSPS) is 15.6. The second-order valence-electron chi connectivity index (χ2n) is 7.47. The minimum Gasteiger partial charge on any atom is -0.497 e. The largest absolute Gasteiger partial charge is 0.497 e. The molecular weight excluding hydrogens is 350 g/mol. The number of carbonyl (C=O) groups is 1. The summed E-state index contributed by atoms with van der Waals surface area (Å²) in [5, 5.41) is 4.30. The molecule has 28 heavy (non-hydrogen) atoms. The molecular formula is C23H27N3O2. The van der Waals surface area contributed by atoms with E-state index in [1.165, 1.54) is 5.56 Å². The molecule has 0 aliphatic carbocycles. The quantitative estimate of drug-likeness (QED) is 0.716. The molecule has 1 fully saturated rings. The molecule has 0 saturated carbocycles. The molecule has 4 rings (SSSR count). The van der Waals surface area contributed by atoms with Crippen LogP contribution in [0.4, 0.5) is 0 Å². The fourth-order valence-electron chi connectivity index (χ4n) is 3.95. The van der Waals surface area contributed by atoms with Gasteiger partial charge in [-0.1, -0.05) is 30.3 Å². The third-order valence-corrected chi connectivity index (χ3v) is 5.49. The van der Waals surface area contributed by atoms with Crippen molar-refractivity contribution in [3.8, 4) is 5.75 Å². The van der Waals surface area contributed by atoms with Crippen molar-refractivity contribution in [3.05, 3.63) is 66.4 Å². The Balaban J connectivity index is 1.28. The summed E-state index contributed by atoms with van der Waals surface area (Å²) in [5.41, 5.74) is 2.40. The Hall–Kier alpha value is -2.79. The van der Waals surface area contributed by atoms with E-state index in [-0.39, 0.29) is 11.9 Å². The average molecular weight is 377 g/mol. The Labute approximate surface area is 165 Å². The maximum atomic E-state index is 12.5. The summed E-state index contributed by atoms with van der Waals surface area (Å²) >= 11 is 0. The van der Waals surface area contributed by atoms with Crippen LogP contribution in [0.2, 0.25) is 0 Å². The van der Waals surface area contributed by atoms with Crippen molar-refractivity contribution in [1.29, 1.82) is 0 Å². The van der Waals surface area contributed by atoms with Gasteiger partial charge in [-0.15, -0.1) is 0 Å². The van der Waals surface area contributed by atoms with Crippen LogP contribution < -0.4 is 10.1 Å². The first-order valence-corrected chi connectivity index (χ1v) is 9.90. The summed E-state index contributed by atoms with van der Waals surface area (Å²) in [6.07, 6.45) is 3.97. The number of carbonyl (C=O) groups excluding carboxylic acids is 1. The van der Waals surface area contributed by atoms with Gasteiger partial charge in [-0.05, 0) is 42.7 Å². The standard InChI is InChI=1S/C23H27N3O2/c1-28-21-7-8-22-19(15-21)9-14-26(22)17-23(27)24-20-10-12-25(13-11-20)16-18-5-3-2-4-6-18/h2-9,14-15,20H,10-13,16-17H2,1H3,(H,24,27). The number of piperidine rings is 1. The maximum absolute atomic E-state index is 12.5. The van der Waals surface area contributed by atoms with Crippen LogP contribution in [0.3, 0.4) is 0 Å². The lowest BCUT2D eigenvalue weighted by Gasteiger charge is -2.32. The van der Waals surface area contributed by atoms with Gasteiger partial charge in [0.2, 0.25) is 5.91 Å². The lowest BCUT2D eigenvalue weighted by atomic mass is 10.0. The molecule has 0 unspecified atom stereocenters. The molecule has 5 nitrogen and oxygen atoms in total. The van der Waals surface area contributed by atoms with Crippen LogP contribution in [0.25, 0.3) is 10.9 Å². The molecule has 1 N–H and O–H groups in total. The number of rotatable bonds is 6. The van der Waals surface area contributed by atoms with Crippen molar-refractivity contribution in [2.24, 2.45) is 0 Å². The highest BCUT2D eigenvalue weighted by Gasteiger charge is 2.21. The summed E-state index contributed by atoms with van der Waals surface area (Å²) in [6, 6.07) is 18.8. The Morgan fingerprint density at radius 3 is 2.64 bits per heavy atom. The molecule has 1 amide bonds. The molecule has 5 heteroatoms. The second-order valence-corrected chi connectivity index (χ2v) is 7.47. The van der Waals surface area contributed by atoms with Crippen molar-refractivity contribution in [2.45, 2.75) is 32.0 Å². The molecule has 0 radical (unpaired) electrons. The lowest BCUT2D eigenvalue weighted by Crippen LogP contribution is -2.45. The third kappa shape index (κ3) is 4.37. The molecule has 3 aromatic rings. The van der Waals surface area contributed by atoms with Crippen LogP contribution in [0.15, 0.2) is 60.8 Å². The Morgan fingerprint density at radius 2 is 1.89 bits per heavy atom. The van der Waals surface area contributed by atoms with E-state index >= 15 is 0 Å². The zero-order chi connectivity index (χ0) is 19.3. The fourth-order valence-corrected chi connectivity index (χ4v) is 3.95. The number of nitrogens with one attached hydrogen (secondary N) is 1. The third-order valence-electron chi connectivity index (χ3n) is 5.49. The number of hydrogen-bond donors (Lipinski definition) is 1. The van der Waals surface area contributed by atoms with Crippen molar-refractivity contribution in [3.63, 3.8) is 0 Å². The summed E-state index contributed by atoms with van der Waals surface area (Å²) in [5.74, 6) is 0.909. The van der Waals surface area contributed by atoms with Gasteiger partial charge in [0.15, 0.2) is 0 Å². The van der Waals surface area contributed by atoms with E-state index in [1.54, 1.807) is 7.11 Å². The first-order chi connectivity index (χ1) is 13.7. The summed E-state index contributed by atoms with van der Waals surface area (Å²) < 4.78 is 7.26. The summed E-state index contributed by atoms with van der Waals surface area (Å²) in [6.45, 7) is 3.37. The number of likely N-dealkylation sites (tertiary alicyclic amines) is 1. The minimum atomic E-state index is 0.0785. The van der Waals surface area contributed by atoms with Crippen LogP contribution in [-0.2, 0) is 17.9 Å². The SMILES string of the molecule is COc1ccc2c(ccn2CC(=O)NC2CCN(Cc3ccccc3)CC2)c1. The van der Waals surface area contributed by atoms with E-state index in [4.69, 9.17) is 4.74 Å². The molecule has 1 aliphatic heterocycles. The van der Waals surface area contributed by atoms with Gasteiger partial charge in [0.1, 0.15) is 12.3 Å². The molecule has 0 atom stereocenters. The first-order valence-electron chi connectivity index (χ1n) is 9.90. The summed E-state index contributed by atoms with van der Waals surface area (Å²) in [4.78, 5) is 15.0. The second kappa shape index (κ2) is 8.48. The van der Waals surface area contributed by atoms with Gasteiger partial charge in [-0.3, -0.25) is 9.69 Å². The van der Waals surface area contributed by atoms with E-state index in [2.05, 4.69) is 40.5 Å². The van der Waals surface area contributed by atoms with Crippen LogP contribution in [0, 0.1) is 0 Å². The van der Waals surface area contributed by atoms with E-state index in [0.717, 1.165) is 49.1 Å². The van der Waals surface area contributed by atoms with Crippen LogP contribution in [0.1, 0.15) is 18.4 Å². The number of fused-ring (bicyclic) bond motifs is 1. The summed E-state index contributed by atoms with van der Waals surface area (Å²) in [7, 11) is 1.66. The highest BCUT2D eigenvalue weighted by molar-refractivity contribution is 5.84. The predicted molar refractivity (Wildman–Crippen MR) is 111 cm³/mol. The van der Waals surface area contributed by atoms with E-state index < -0.39 is 0 Å². The molecule has 0 spiro atoms. The van der Waals surface area contributed by atoms with Gasteiger partial charge in [0, 0.05) is 42.8 Å². The van der Waals surface area contributed by atoms with E-state index in [1.807, 2.05) is 35.0 Å². The molecule has 1 aliphatic rings. The van der Waals surface area contributed by atoms with Crippen molar-refractivity contribution < 1.29 is 9.53 Å². The molecule has 1 aromatic heterocycles. The predicted octanol–water partition coefficient (Wildman–Crippen LogP) is 3.43. The minimum absolute atomic E-state index is 0.0785. The zero-order valence-corrected chi connectivity index (χ0v) is 16.3. The molecule has 146 valence electrons. The average Bonchev–Trinajstić information content (AvgIpc) is 3.12. The monoisotopic (exact) mass is 377 g/mol. The Kier molecular flexibility index (Phi) is 5.63. The number of methoxy groups -OCH3 is 1. The van der Waals surface area contributed by atoms with E-state index in [9.17, 15) is 4.79 Å². The zero-order valence-electron chi connectivity index (χ0n) is 16.3. The van der Waals surface area contributed by atoms with Crippen LogP contribution in [0.5, 0.6) is 5.75 Å². The fraction of sp³-hybridized carbons (Fsp3) is 0.348. The highest BCUT2D eigenvalue weighted by atomic mass is 16.5. The molecule has 0 bridgehead atoms. The van der Waals surface area contributed by atoms with Gasteiger partial charge in [-0.2, -0.15) is 0 Å². The van der Waals surface area contributed by atoms with Gasteiger partial charge in [0.05, 0.1) is 7.11 Å². The lowest BCUT2D eigenvalue weighted by molar-refractivity contribution is -0.122. The topological polar surface area (TPSA) is 46.5 Å². The Morgan fingerprint density at radius 1 is 1.11 bits per heavy atom. The number of nitrogens with zero attached hydrogens (tertiary/aromatic N) is 2. The van der Waals surface area contributed by atoms with Gasteiger partial charge >= 0.3 is 0 Å². The van der Waals surface area contributed by atoms with Gasteiger partial charge < -0.3 is 14.6 Å². The first kappa shape index (κ1) is 18.6. The molecule has 2 aromatic carbocycles. The van der Waals surface area contributed by atoms with Crippen molar-refractivity contribution >= 4 is 16.8 Å². The van der Waals surface area contributed by atoms with E-state index in [0.29, 0.717) is 6.54 Å². The molecule has 1 saturated heterocycles. The smallest absolute Gasteiger partial charge is 0.240 e. The number of ether oxygens (including phenoxy) is 1. The number of benzene rings is 2. The van der Waals surface area contributed by atoms with Crippen LogP contribution >= 0.6 is 0 Å². The number of amides is 1. The number of hydrogen-bond acceptors (Lipinski definition) is 3. The Bertz CT molecular complexity index is 927. The van der Waals surface area contributed by atoms with Gasteiger partial charge in [0.25, 0.3) is 0 Å².